The highest BCUT2D eigenvalue weighted by Gasteiger charge is 2.18. The van der Waals surface area contributed by atoms with E-state index in [-0.39, 0.29) is 5.91 Å². The zero-order chi connectivity index (χ0) is 13.9. The molecule has 3 nitrogen and oxygen atoms in total. The third-order valence-corrected chi connectivity index (χ3v) is 5.00. The van der Waals surface area contributed by atoms with E-state index in [2.05, 4.69) is 22.4 Å². The van der Waals surface area contributed by atoms with Crippen LogP contribution in [0.5, 0.6) is 0 Å². The van der Waals surface area contributed by atoms with Crippen LogP contribution in [0.2, 0.25) is 0 Å². The van der Waals surface area contributed by atoms with Crippen molar-refractivity contribution in [2.75, 3.05) is 6.54 Å². The Balaban J connectivity index is 1.56. The molecular weight excluding hydrogens is 268 g/mol. The van der Waals surface area contributed by atoms with E-state index in [9.17, 15) is 4.79 Å². The second kappa shape index (κ2) is 5.75. The maximum atomic E-state index is 12.1. The molecule has 1 aliphatic carbocycles. The first kappa shape index (κ1) is 13.3. The Morgan fingerprint density at radius 3 is 3.15 bits per heavy atom. The lowest BCUT2D eigenvalue weighted by Crippen LogP contribution is -2.25. The maximum absolute atomic E-state index is 12.1. The number of fused-ring (bicyclic) bond motifs is 1. The van der Waals surface area contributed by atoms with Crippen LogP contribution in [0.4, 0.5) is 0 Å². The van der Waals surface area contributed by atoms with Crippen molar-refractivity contribution in [1.29, 1.82) is 0 Å². The molecule has 0 atom stereocenters. The SMILES string of the molecule is Cc1ncccc1CCNC(=O)c1cc2c(s1)CCC2. The lowest BCUT2D eigenvalue weighted by Gasteiger charge is -2.06. The lowest BCUT2D eigenvalue weighted by molar-refractivity contribution is 0.0958. The van der Waals surface area contributed by atoms with E-state index in [1.165, 1.54) is 22.4 Å². The number of amides is 1. The van der Waals surface area contributed by atoms with Crippen molar-refractivity contribution in [2.45, 2.75) is 32.6 Å². The molecule has 0 aromatic carbocycles. The summed E-state index contributed by atoms with van der Waals surface area (Å²) in [6.45, 7) is 2.66. The van der Waals surface area contributed by atoms with Gasteiger partial charge in [-0.15, -0.1) is 11.3 Å². The standard InChI is InChI=1S/C16H18N2OS/c1-11-12(5-3-8-17-11)7-9-18-16(19)15-10-13-4-2-6-14(13)20-15/h3,5,8,10H,2,4,6-7,9H2,1H3,(H,18,19). The number of hydrogen-bond donors (Lipinski definition) is 1. The fourth-order valence-electron chi connectivity index (χ4n) is 2.62. The highest BCUT2D eigenvalue weighted by Crippen LogP contribution is 2.30. The lowest BCUT2D eigenvalue weighted by atomic mass is 10.1. The van der Waals surface area contributed by atoms with Crippen molar-refractivity contribution in [3.63, 3.8) is 0 Å². The smallest absolute Gasteiger partial charge is 0.261 e. The van der Waals surface area contributed by atoms with Crippen molar-refractivity contribution >= 4 is 17.2 Å². The fourth-order valence-corrected chi connectivity index (χ4v) is 3.79. The number of carbonyl (C=O) groups is 1. The summed E-state index contributed by atoms with van der Waals surface area (Å²) < 4.78 is 0. The number of hydrogen-bond acceptors (Lipinski definition) is 3. The molecule has 0 aliphatic heterocycles. The van der Waals surface area contributed by atoms with Crippen LogP contribution in [0, 0.1) is 6.92 Å². The summed E-state index contributed by atoms with van der Waals surface area (Å²) >= 11 is 1.66. The van der Waals surface area contributed by atoms with Crippen LogP contribution in [0.3, 0.4) is 0 Å². The number of carbonyl (C=O) groups excluding carboxylic acids is 1. The molecule has 4 heteroatoms. The predicted octanol–water partition coefficient (Wildman–Crippen LogP) is 2.91. The van der Waals surface area contributed by atoms with Crippen molar-refractivity contribution < 1.29 is 4.79 Å². The van der Waals surface area contributed by atoms with Gasteiger partial charge in [0.05, 0.1) is 4.88 Å². The first-order chi connectivity index (χ1) is 9.74. The molecule has 3 rings (SSSR count). The molecule has 0 fully saturated rings. The van der Waals surface area contributed by atoms with Gasteiger partial charge in [0.15, 0.2) is 0 Å². The summed E-state index contributed by atoms with van der Waals surface area (Å²) in [5.74, 6) is 0.0611. The first-order valence-electron chi connectivity index (χ1n) is 7.04. The summed E-state index contributed by atoms with van der Waals surface area (Å²) in [6, 6.07) is 6.07. The van der Waals surface area contributed by atoms with E-state index in [0.717, 1.165) is 29.8 Å². The molecule has 2 heterocycles. The van der Waals surface area contributed by atoms with E-state index >= 15 is 0 Å². The molecule has 1 aliphatic rings. The number of pyridine rings is 1. The Hall–Kier alpha value is -1.68. The molecule has 104 valence electrons. The molecule has 2 aromatic heterocycles. The van der Waals surface area contributed by atoms with Crippen LogP contribution in [0.1, 0.15) is 37.8 Å². The summed E-state index contributed by atoms with van der Waals surface area (Å²) in [4.78, 5) is 18.6. The van der Waals surface area contributed by atoms with Gasteiger partial charge in [0.25, 0.3) is 5.91 Å². The topological polar surface area (TPSA) is 42.0 Å². The molecule has 2 aromatic rings. The molecule has 0 bridgehead atoms. The highest BCUT2D eigenvalue weighted by molar-refractivity contribution is 7.14. The second-order valence-electron chi connectivity index (χ2n) is 5.17. The fraction of sp³-hybridized carbons (Fsp3) is 0.375. The summed E-state index contributed by atoms with van der Waals surface area (Å²) in [5, 5.41) is 3.01. The summed E-state index contributed by atoms with van der Waals surface area (Å²) in [5.41, 5.74) is 3.61. The van der Waals surface area contributed by atoms with Gasteiger partial charge in [-0.25, -0.2) is 0 Å². The van der Waals surface area contributed by atoms with Crippen LogP contribution in [-0.2, 0) is 19.3 Å². The van der Waals surface area contributed by atoms with Gasteiger partial charge < -0.3 is 5.32 Å². The van der Waals surface area contributed by atoms with Gasteiger partial charge in [0.2, 0.25) is 0 Å². The minimum absolute atomic E-state index is 0.0611. The highest BCUT2D eigenvalue weighted by atomic mass is 32.1. The Kier molecular flexibility index (Phi) is 3.83. The van der Waals surface area contributed by atoms with Gasteiger partial charge in [0.1, 0.15) is 0 Å². The minimum Gasteiger partial charge on any atom is -0.351 e. The summed E-state index contributed by atoms with van der Waals surface area (Å²) in [7, 11) is 0. The third-order valence-electron chi connectivity index (χ3n) is 3.77. The quantitative estimate of drug-likeness (QED) is 0.939. The van der Waals surface area contributed by atoms with Gasteiger partial charge in [-0.1, -0.05) is 6.07 Å². The van der Waals surface area contributed by atoms with E-state index in [1.807, 2.05) is 13.0 Å². The number of aryl methyl sites for hydroxylation is 3. The van der Waals surface area contributed by atoms with Crippen molar-refractivity contribution in [2.24, 2.45) is 0 Å². The van der Waals surface area contributed by atoms with Crippen molar-refractivity contribution in [1.82, 2.24) is 10.3 Å². The number of nitrogens with zero attached hydrogens (tertiary/aromatic N) is 1. The van der Waals surface area contributed by atoms with Crippen LogP contribution in [-0.4, -0.2) is 17.4 Å². The van der Waals surface area contributed by atoms with Crippen molar-refractivity contribution in [3.8, 4) is 0 Å². The van der Waals surface area contributed by atoms with E-state index in [0.29, 0.717) is 6.54 Å². The number of thiophene rings is 1. The van der Waals surface area contributed by atoms with Gasteiger partial charge in [0, 0.05) is 23.3 Å². The van der Waals surface area contributed by atoms with E-state index in [1.54, 1.807) is 17.5 Å². The first-order valence-corrected chi connectivity index (χ1v) is 7.86. The monoisotopic (exact) mass is 286 g/mol. The van der Waals surface area contributed by atoms with Crippen LogP contribution >= 0.6 is 11.3 Å². The van der Waals surface area contributed by atoms with Crippen LogP contribution in [0.25, 0.3) is 0 Å². The minimum atomic E-state index is 0.0611. The molecular formula is C16H18N2OS. The van der Waals surface area contributed by atoms with Crippen LogP contribution in [0.15, 0.2) is 24.4 Å². The molecule has 1 amide bonds. The molecule has 1 N–H and O–H groups in total. The number of nitrogens with one attached hydrogen (secondary N) is 1. The predicted molar refractivity (Wildman–Crippen MR) is 81.4 cm³/mol. The number of aromatic nitrogens is 1. The van der Waals surface area contributed by atoms with E-state index < -0.39 is 0 Å². The van der Waals surface area contributed by atoms with E-state index in [4.69, 9.17) is 0 Å². The van der Waals surface area contributed by atoms with Crippen LogP contribution < -0.4 is 5.32 Å². The van der Waals surface area contributed by atoms with Gasteiger partial charge in [-0.05, 0) is 55.9 Å². The average molecular weight is 286 g/mol. The Labute approximate surface area is 123 Å². The molecule has 20 heavy (non-hydrogen) atoms. The molecule has 0 spiro atoms. The Morgan fingerprint density at radius 2 is 2.35 bits per heavy atom. The van der Waals surface area contributed by atoms with Gasteiger partial charge in [-0.2, -0.15) is 0 Å². The Morgan fingerprint density at radius 1 is 1.45 bits per heavy atom. The second-order valence-corrected chi connectivity index (χ2v) is 6.30. The maximum Gasteiger partial charge on any atom is 0.261 e. The normalized spacial score (nSPS) is 13.2. The largest absolute Gasteiger partial charge is 0.351 e. The summed E-state index contributed by atoms with van der Waals surface area (Å²) in [6.07, 6.45) is 6.14. The molecule has 0 unspecified atom stereocenters. The van der Waals surface area contributed by atoms with Crippen molar-refractivity contribution in [3.05, 3.63) is 51.0 Å². The third kappa shape index (κ3) is 2.75. The van der Waals surface area contributed by atoms with Gasteiger partial charge >= 0.3 is 0 Å². The number of rotatable bonds is 4. The molecule has 0 saturated carbocycles. The molecule has 0 saturated heterocycles. The molecule has 0 radical (unpaired) electrons. The average Bonchev–Trinajstić information content (AvgIpc) is 3.01. The zero-order valence-electron chi connectivity index (χ0n) is 11.6. The Bertz CT molecular complexity index is 612. The van der Waals surface area contributed by atoms with Gasteiger partial charge in [-0.3, -0.25) is 9.78 Å². The zero-order valence-corrected chi connectivity index (χ0v) is 12.4.